The van der Waals surface area contributed by atoms with E-state index in [1.54, 1.807) is 0 Å². The number of hydrogen-bond donors (Lipinski definition) is 1. The first-order valence-corrected chi connectivity index (χ1v) is 6.37. The molecule has 0 spiro atoms. The van der Waals surface area contributed by atoms with Gasteiger partial charge in [0.1, 0.15) is 0 Å². The van der Waals surface area contributed by atoms with Gasteiger partial charge in [-0.05, 0) is 13.5 Å². The highest BCUT2D eigenvalue weighted by Gasteiger charge is 2.25. The van der Waals surface area contributed by atoms with Gasteiger partial charge in [0.05, 0.1) is 6.10 Å². The fourth-order valence-electron chi connectivity index (χ4n) is 1.72. The maximum absolute atomic E-state index is 9.92. The Balaban J connectivity index is 2.30. The van der Waals surface area contributed by atoms with Gasteiger partial charge in [-0.15, -0.1) is 0 Å². The van der Waals surface area contributed by atoms with Gasteiger partial charge >= 0.3 is 0 Å². The van der Waals surface area contributed by atoms with Crippen molar-refractivity contribution < 1.29 is 5.11 Å². The fourth-order valence-corrected chi connectivity index (χ4v) is 3.02. The Bertz CT molecular complexity index is 143. The van der Waals surface area contributed by atoms with Crippen LogP contribution in [0.15, 0.2) is 0 Å². The molecule has 78 valence electrons. The van der Waals surface area contributed by atoms with Gasteiger partial charge in [0.15, 0.2) is 0 Å². The Morgan fingerprint density at radius 2 is 2.38 bits per heavy atom. The minimum Gasteiger partial charge on any atom is -0.391 e. The lowest BCUT2D eigenvalue weighted by Gasteiger charge is -2.35. The molecule has 1 fully saturated rings. The molecule has 0 aromatic carbocycles. The van der Waals surface area contributed by atoms with Crippen LogP contribution >= 0.6 is 11.8 Å². The van der Waals surface area contributed by atoms with Crippen molar-refractivity contribution in [3.05, 3.63) is 0 Å². The monoisotopic (exact) mass is 203 g/mol. The summed E-state index contributed by atoms with van der Waals surface area (Å²) in [5.41, 5.74) is 0. The van der Waals surface area contributed by atoms with Gasteiger partial charge in [0.25, 0.3) is 0 Å². The fraction of sp³-hybridized carbons (Fsp3) is 1.00. The van der Waals surface area contributed by atoms with Crippen LogP contribution in [0.25, 0.3) is 0 Å². The third-order valence-corrected chi connectivity index (χ3v) is 3.79. The van der Waals surface area contributed by atoms with E-state index in [1.807, 2.05) is 11.8 Å². The van der Waals surface area contributed by atoms with Gasteiger partial charge in [-0.3, -0.25) is 4.90 Å². The minimum absolute atomic E-state index is 0.113. The van der Waals surface area contributed by atoms with Crippen LogP contribution in [0.5, 0.6) is 0 Å². The first kappa shape index (κ1) is 11.3. The summed E-state index contributed by atoms with van der Waals surface area (Å²) in [4.78, 5) is 2.30. The average Bonchev–Trinajstić information content (AvgIpc) is 2.15. The van der Waals surface area contributed by atoms with Crippen LogP contribution in [0.2, 0.25) is 0 Å². The lowest BCUT2D eigenvalue weighted by molar-refractivity contribution is 0.0678. The molecule has 0 amide bonds. The van der Waals surface area contributed by atoms with Crippen molar-refractivity contribution >= 4 is 11.8 Å². The maximum Gasteiger partial charge on any atom is 0.0703 e. The predicted octanol–water partition coefficient (Wildman–Crippen LogP) is 1.58. The summed E-state index contributed by atoms with van der Waals surface area (Å²) >= 11 is 1.97. The van der Waals surface area contributed by atoms with E-state index in [-0.39, 0.29) is 6.10 Å². The van der Waals surface area contributed by atoms with E-state index in [1.165, 1.54) is 12.2 Å². The highest BCUT2D eigenvalue weighted by molar-refractivity contribution is 7.99. The molecule has 1 N–H and O–H groups in total. The minimum atomic E-state index is -0.113. The van der Waals surface area contributed by atoms with Gasteiger partial charge in [0, 0.05) is 24.1 Å². The van der Waals surface area contributed by atoms with Crippen molar-refractivity contribution in [3.8, 4) is 0 Å². The smallest absolute Gasteiger partial charge is 0.0703 e. The number of rotatable bonds is 4. The van der Waals surface area contributed by atoms with Crippen LogP contribution in [0.1, 0.15) is 26.2 Å². The first-order chi connectivity index (χ1) is 6.25. The molecule has 1 saturated heterocycles. The molecular weight excluding hydrogens is 182 g/mol. The summed E-state index contributed by atoms with van der Waals surface area (Å²) in [6.07, 6.45) is 3.18. The zero-order valence-corrected chi connectivity index (χ0v) is 9.52. The molecule has 13 heavy (non-hydrogen) atoms. The maximum atomic E-state index is 9.92. The van der Waals surface area contributed by atoms with Crippen LogP contribution in [-0.4, -0.2) is 47.3 Å². The van der Waals surface area contributed by atoms with Gasteiger partial charge in [-0.1, -0.05) is 19.8 Å². The SMILES string of the molecule is CCCCC(O)C1CSCCN1C. The quantitative estimate of drug-likeness (QED) is 0.750. The first-order valence-electron chi connectivity index (χ1n) is 5.21. The molecule has 2 unspecified atom stereocenters. The summed E-state index contributed by atoms with van der Waals surface area (Å²) in [6.45, 7) is 3.30. The second-order valence-corrected chi connectivity index (χ2v) is 4.98. The van der Waals surface area contributed by atoms with E-state index in [9.17, 15) is 5.11 Å². The van der Waals surface area contributed by atoms with E-state index in [0.717, 1.165) is 25.1 Å². The average molecular weight is 203 g/mol. The van der Waals surface area contributed by atoms with Gasteiger partial charge in [0.2, 0.25) is 0 Å². The third-order valence-electron chi connectivity index (χ3n) is 2.74. The Morgan fingerprint density at radius 1 is 1.62 bits per heavy atom. The van der Waals surface area contributed by atoms with Crippen LogP contribution in [0.3, 0.4) is 0 Å². The van der Waals surface area contributed by atoms with Crippen LogP contribution < -0.4 is 0 Å². The van der Waals surface area contributed by atoms with Gasteiger partial charge in [-0.25, -0.2) is 0 Å². The third kappa shape index (κ3) is 3.49. The van der Waals surface area contributed by atoms with Gasteiger partial charge < -0.3 is 5.11 Å². The second kappa shape index (κ2) is 5.89. The van der Waals surface area contributed by atoms with E-state index >= 15 is 0 Å². The highest BCUT2D eigenvalue weighted by atomic mass is 32.2. The van der Waals surface area contributed by atoms with Crippen LogP contribution in [-0.2, 0) is 0 Å². The zero-order chi connectivity index (χ0) is 9.68. The Labute approximate surface area is 85.7 Å². The molecule has 0 aromatic rings. The van der Waals surface area contributed by atoms with Crippen molar-refractivity contribution in [2.45, 2.75) is 38.3 Å². The number of nitrogens with zero attached hydrogens (tertiary/aromatic N) is 1. The Morgan fingerprint density at radius 3 is 3.00 bits per heavy atom. The molecule has 0 aromatic heterocycles. The van der Waals surface area contributed by atoms with E-state index in [0.29, 0.717) is 6.04 Å². The largest absolute Gasteiger partial charge is 0.391 e. The highest BCUT2D eigenvalue weighted by Crippen LogP contribution is 2.19. The molecule has 0 saturated carbocycles. The summed E-state index contributed by atoms with van der Waals surface area (Å²) < 4.78 is 0. The lowest BCUT2D eigenvalue weighted by atomic mass is 10.1. The van der Waals surface area contributed by atoms with E-state index in [4.69, 9.17) is 0 Å². The molecule has 1 aliphatic rings. The van der Waals surface area contributed by atoms with Gasteiger partial charge in [-0.2, -0.15) is 11.8 Å². The van der Waals surface area contributed by atoms with Crippen molar-refractivity contribution in [1.82, 2.24) is 4.90 Å². The standard InChI is InChI=1S/C10H21NOS/c1-3-4-5-10(12)9-8-13-7-6-11(9)2/h9-10,12H,3-8H2,1-2H3. The number of hydrogen-bond acceptors (Lipinski definition) is 3. The molecule has 1 aliphatic heterocycles. The summed E-state index contributed by atoms with van der Waals surface area (Å²) in [7, 11) is 2.12. The molecule has 0 aliphatic carbocycles. The Kier molecular flexibility index (Phi) is 5.14. The second-order valence-electron chi connectivity index (χ2n) is 3.83. The van der Waals surface area contributed by atoms with Crippen molar-refractivity contribution in [3.63, 3.8) is 0 Å². The zero-order valence-electron chi connectivity index (χ0n) is 8.70. The number of aliphatic hydroxyl groups is 1. The van der Waals surface area contributed by atoms with Crippen LogP contribution in [0.4, 0.5) is 0 Å². The molecule has 1 rings (SSSR count). The Hall–Kier alpha value is 0.270. The molecule has 0 radical (unpaired) electrons. The molecule has 2 atom stereocenters. The number of likely N-dealkylation sites (N-methyl/N-ethyl adjacent to an activating group) is 1. The van der Waals surface area contributed by atoms with Crippen molar-refractivity contribution in [1.29, 1.82) is 0 Å². The number of aliphatic hydroxyl groups excluding tert-OH is 1. The normalized spacial score (nSPS) is 27.5. The molecule has 1 heterocycles. The van der Waals surface area contributed by atoms with E-state index in [2.05, 4.69) is 18.9 Å². The number of thioether (sulfide) groups is 1. The van der Waals surface area contributed by atoms with Crippen molar-refractivity contribution in [2.75, 3.05) is 25.1 Å². The summed E-state index contributed by atoms with van der Waals surface area (Å²) in [5.74, 6) is 2.31. The van der Waals surface area contributed by atoms with Crippen molar-refractivity contribution in [2.24, 2.45) is 0 Å². The molecule has 3 heteroatoms. The summed E-state index contributed by atoms with van der Waals surface area (Å²) in [5, 5.41) is 9.92. The molecule has 2 nitrogen and oxygen atoms in total. The number of unbranched alkanes of at least 4 members (excludes halogenated alkanes) is 1. The van der Waals surface area contributed by atoms with Crippen LogP contribution in [0, 0.1) is 0 Å². The van der Waals surface area contributed by atoms with E-state index < -0.39 is 0 Å². The predicted molar refractivity (Wildman–Crippen MR) is 59.3 cm³/mol. The molecular formula is C10H21NOS. The lowest BCUT2D eigenvalue weighted by Crippen LogP contribution is -2.46. The summed E-state index contributed by atoms with van der Waals surface area (Å²) in [6, 6.07) is 0.394. The molecule has 0 bridgehead atoms. The topological polar surface area (TPSA) is 23.5 Å².